The van der Waals surface area contributed by atoms with Gasteiger partial charge in [0.2, 0.25) is 0 Å². The Morgan fingerprint density at radius 2 is 2.04 bits per heavy atom. The molecule has 0 radical (unpaired) electrons. The first kappa shape index (κ1) is 17.3. The number of hydrogen-bond donors (Lipinski definition) is 1. The van der Waals surface area contributed by atoms with Gasteiger partial charge in [-0.15, -0.1) is 0 Å². The van der Waals surface area contributed by atoms with E-state index in [4.69, 9.17) is 4.74 Å². The van der Waals surface area contributed by atoms with Gasteiger partial charge in [0, 0.05) is 19.2 Å². The monoisotopic (exact) mass is 332 g/mol. The lowest BCUT2D eigenvalue weighted by Gasteiger charge is -2.22. The molecule has 1 aromatic heterocycles. The molecule has 0 saturated carbocycles. The third-order valence-corrected chi connectivity index (χ3v) is 3.18. The van der Waals surface area contributed by atoms with E-state index in [1.165, 1.54) is 0 Å². The largest absolute Gasteiger partial charge is 0.444 e. The summed E-state index contributed by atoms with van der Waals surface area (Å²) >= 11 is 0. The Morgan fingerprint density at radius 3 is 2.65 bits per heavy atom. The maximum atomic E-state index is 12.7. The number of alkyl halides is 3. The molecule has 1 atom stereocenters. The van der Waals surface area contributed by atoms with Crippen molar-refractivity contribution in [1.82, 2.24) is 15.3 Å². The number of nitrogens with one attached hydrogen (secondary N) is 1. The highest BCUT2D eigenvalue weighted by molar-refractivity contribution is 5.68. The van der Waals surface area contributed by atoms with Crippen LogP contribution < -0.4 is 10.2 Å². The number of amides is 1. The molecule has 128 valence electrons. The Balaban J connectivity index is 1.97. The molecule has 9 heteroatoms. The normalized spacial score (nSPS) is 18.9. The van der Waals surface area contributed by atoms with Gasteiger partial charge < -0.3 is 15.0 Å². The molecule has 1 fully saturated rings. The van der Waals surface area contributed by atoms with Gasteiger partial charge in [-0.25, -0.2) is 14.8 Å². The second kappa shape index (κ2) is 6.21. The molecule has 2 rings (SSSR count). The Kier molecular flexibility index (Phi) is 4.67. The number of carbonyl (C=O) groups is 1. The molecule has 1 N–H and O–H groups in total. The van der Waals surface area contributed by atoms with Gasteiger partial charge in [-0.1, -0.05) is 0 Å². The Bertz CT molecular complexity index is 572. The fourth-order valence-electron chi connectivity index (χ4n) is 2.24. The van der Waals surface area contributed by atoms with Crippen LogP contribution in [-0.2, 0) is 10.9 Å². The predicted molar refractivity (Wildman–Crippen MR) is 77.0 cm³/mol. The highest BCUT2D eigenvalue weighted by Crippen LogP contribution is 2.29. The first-order chi connectivity index (χ1) is 10.5. The van der Waals surface area contributed by atoms with Gasteiger partial charge >= 0.3 is 12.3 Å². The predicted octanol–water partition coefficient (Wildman–Crippen LogP) is 2.60. The van der Waals surface area contributed by atoms with E-state index in [0.29, 0.717) is 19.5 Å². The van der Waals surface area contributed by atoms with Crippen molar-refractivity contribution < 1.29 is 22.7 Å². The van der Waals surface area contributed by atoms with E-state index >= 15 is 0 Å². The average Bonchev–Trinajstić information content (AvgIpc) is 2.84. The van der Waals surface area contributed by atoms with E-state index in [2.05, 4.69) is 15.3 Å². The van der Waals surface area contributed by atoms with Gasteiger partial charge in [0.25, 0.3) is 0 Å². The molecule has 6 nitrogen and oxygen atoms in total. The van der Waals surface area contributed by atoms with Crippen LogP contribution in [0.3, 0.4) is 0 Å². The lowest BCUT2D eigenvalue weighted by molar-refractivity contribution is -0.141. The summed E-state index contributed by atoms with van der Waals surface area (Å²) in [5, 5.41) is 2.71. The molecular weight excluding hydrogens is 313 g/mol. The number of alkyl carbamates (subject to hydrolysis) is 1. The third-order valence-electron chi connectivity index (χ3n) is 3.18. The van der Waals surface area contributed by atoms with Crippen LogP contribution in [0.4, 0.5) is 23.8 Å². The van der Waals surface area contributed by atoms with Crippen molar-refractivity contribution in [3.05, 3.63) is 18.1 Å². The lowest BCUT2D eigenvalue weighted by atomic mass is 10.2. The molecule has 1 amide bonds. The molecule has 1 saturated heterocycles. The first-order valence-electron chi connectivity index (χ1n) is 7.18. The summed E-state index contributed by atoms with van der Waals surface area (Å²) in [5.74, 6) is 0.195. The fraction of sp³-hybridized carbons (Fsp3) is 0.643. The van der Waals surface area contributed by atoms with Crippen LogP contribution in [0.2, 0.25) is 0 Å². The minimum absolute atomic E-state index is 0.195. The number of anilines is 1. The standard InChI is InChI=1S/C14H19F3N4O2/c1-13(2,3)23-12(22)20-9-4-5-21(7-9)11-6-10(14(15,16)17)18-8-19-11/h6,8-9H,4-5,7H2,1-3H3,(H,20,22)/t9-/m0/s1. The fourth-order valence-corrected chi connectivity index (χ4v) is 2.24. The van der Waals surface area contributed by atoms with Crippen LogP contribution in [0, 0.1) is 0 Å². The molecule has 23 heavy (non-hydrogen) atoms. The smallest absolute Gasteiger partial charge is 0.433 e. The molecule has 1 aliphatic heterocycles. The van der Waals surface area contributed by atoms with Gasteiger partial charge in [-0.3, -0.25) is 0 Å². The van der Waals surface area contributed by atoms with Crippen LogP contribution in [0.5, 0.6) is 0 Å². The van der Waals surface area contributed by atoms with Gasteiger partial charge in [-0.05, 0) is 27.2 Å². The lowest BCUT2D eigenvalue weighted by Crippen LogP contribution is -2.40. The zero-order valence-electron chi connectivity index (χ0n) is 13.1. The Hall–Kier alpha value is -2.06. The van der Waals surface area contributed by atoms with Crippen LogP contribution in [0.25, 0.3) is 0 Å². The van der Waals surface area contributed by atoms with Gasteiger partial charge in [0.15, 0.2) is 0 Å². The molecule has 1 aliphatic rings. The quantitative estimate of drug-likeness (QED) is 0.902. The minimum Gasteiger partial charge on any atom is -0.444 e. The van der Waals surface area contributed by atoms with Gasteiger partial charge in [0.1, 0.15) is 23.4 Å². The SMILES string of the molecule is CC(C)(C)OC(=O)N[C@H]1CCN(c2cc(C(F)(F)F)ncn2)C1. The summed E-state index contributed by atoms with van der Waals surface area (Å²) < 4.78 is 43.2. The molecule has 2 heterocycles. The van der Waals surface area contributed by atoms with Crippen molar-refractivity contribution in [2.75, 3.05) is 18.0 Å². The van der Waals surface area contributed by atoms with Crippen molar-refractivity contribution in [3.63, 3.8) is 0 Å². The van der Waals surface area contributed by atoms with E-state index < -0.39 is 23.6 Å². The van der Waals surface area contributed by atoms with Crippen molar-refractivity contribution in [2.24, 2.45) is 0 Å². The van der Waals surface area contributed by atoms with Crippen LogP contribution in [0.1, 0.15) is 32.9 Å². The highest BCUT2D eigenvalue weighted by atomic mass is 19.4. The summed E-state index contributed by atoms with van der Waals surface area (Å²) in [6.45, 7) is 6.13. The van der Waals surface area contributed by atoms with Gasteiger partial charge in [0.05, 0.1) is 6.04 Å². The summed E-state index contributed by atoms with van der Waals surface area (Å²) in [4.78, 5) is 20.5. The van der Waals surface area contributed by atoms with Crippen molar-refractivity contribution in [1.29, 1.82) is 0 Å². The summed E-state index contributed by atoms with van der Waals surface area (Å²) in [7, 11) is 0. The maximum absolute atomic E-state index is 12.7. The molecule has 0 unspecified atom stereocenters. The zero-order chi connectivity index (χ0) is 17.3. The second-order valence-corrected chi connectivity index (χ2v) is 6.34. The molecular formula is C14H19F3N4O2. The number of nitrogens with zero attached hydrogens (tertiary/aromatic N) is 3. The molecule has 0 spiro atoms. The number of rotatable bonds is 2. The second-order valence-electron chi connectivity index (χ2n) is 6.34. The molecule has 0 aliphatic carbocycles. The Labute approximate surface area is 132 Å². The molecule has 0 aromatic carbocycles. The van der Waals surface area contributed by atoms with E-state index in [1.54, 1.807) is 25.7 Å². The van der Waals surface area contributed by atoms with Crippen LogP contribution >= 0.6 is 0 Å². The Morgan fingerprint density at radius 1 is 1.35 bits per heavy atom. The van der Waals surface area contributed by atoms with E-state index in [0.717, 1.165) is 12.4 Å². The molecule has 0 bridgehead atoms. The summed E-state index contributed by atoms with van der Waals surface area (Å²) in [5.41, 5.74) is -1.58. The van der Waals surface area contributed by atoms with Crippen LogP contribution in [0.15, 0.2) is 12.4 Å². The van der Waals surface area contributed by atoms with Crippen molar-refractivity contribution in [3.8, 4) is 0 Å². The van der Waals surface area contributed by atoms with Crippen molar-refractivity contribution in [2.45, 2.75) is 45.0 Å². The minimum atomic E-state index is -4.51. The van der Waals surface area contributed by atoms with E-state index in [-0.39, 0.29) is 11.9 Å². The highest BCUT2D eigenvalue weighted by Gasteiger charge is 2.34. The van der Waals surface area contributed by atoms with Crippen LogP contribution in [-0.4, -0.2) is 40.8 Å². The average molecular weight is 332 g/mol. The van der Waals surface area contributed by atoms with Crippen molar-refractivity contribution >= 4 is 11.9 Å². The first-order valence-corrected chi connectivity index (χ1v) is 7.18. The summed E-state index contributed by atoms with van der Waals surface area (Å²) in [6, 6.07) is 0.713. The van der Waals surface area contributed by atoms with E-state index in [1.807, 2.05) is 0 Å². The van der Waals surface area contributed by atoms with E-state index in [9.17, 15) is 18.0 Å². The number of carbonyl (C=O) groups excluding carboxylic acids is 1. The van der Waals surface area contributed by atoms with Gasteiger partial charge in [-0.2, -0.15) is 13.2 Å². The number of aromatic nitrogens is 2. The number of hydrogen-bond acceptors (Lipinski definition) is 5. The number of ether oxygens (including phenoxy) is 1. The third kappa shape index (κ3) is 4.97. The number of halogens is 3. The maximum Gasteiger partial charge on any atom is 0.433 e. The zero-order valence-corrected chi connectivity index (χ0v) is 13.1. The summed E-state index contributed by atoms with van der Waals surface area (Å²) in [6.07, 6.45) is -3.55. The molecule has 1 aromatic rings. The topological polar surface area (TPSA) is 67.3 Å².